The first-order valence-corrected chi connectivity index (χ1v) is 41.6. The lowest BCUT2D eigenvalue weighted by Crippen LogP contribution is -2.26. The van der Waals surface area contributed by atoms with Crippen LogP contribution < -0.4 is 0 Å². The Bertz CT molecular complexity index is 6150. The fourth-order valence-corrected chi connectivity index (χ4v) is 18.3. The van der Waals surface area contributed by atoms with Crippen molar-refractivity contribution in [2.45, 2.75) is 109 Å². The van der Waals surface area contributed by atoms with Gasteiger partial charge in [0.15, 0.2) is 23.3 Å². The summed E-state index contributed by atoms with van der Waals surface area (Å²) in [5.74, 6) is 2.61. The van der Waals surface area contributed by atoms with Gasteiger partial charge in [-0.15, -0.1) is 0 Å². The van der Waals surface area contributed by atoms with Crippen LogP contribution in [0, 0.1) is 0 Å². The number of rotatable bonds is 26. The number of fused-ring (bicyclic) bond motifs is 9. The first kappa shape index (κ1) is 72.0. The molecule has 18 aromatic rings. The molecule has 19 rings (SSSR count). The van der Waals surface area contributed by atoms with Gasteiger partial charge in [0, 0.05) is 71.7 Å². The number of para-hydroxylation sites is 2. The maximum Gasteiger partial charge on any atom is 0.164 e. The SMILES string of the molecule is CCCCCCCCC1(CCCCCCCC)c2cc(-c3cc(-c4cccc(-c5cccc6c5c5cc(-c7ccccc7)ccc5n6-c5ccccc5)c4)nc(-c4ccccc4)n3)ccc2-c2ccc(-c3nc(-c4ccccc4)nc(-c4cccc(-c5cccc6c5c5cc(-c7ccccc7)ccc5n6-c5ccccc5)c4)n3)cc21. The Labute approximate surface area is 674 Å². The van der Waals surface area contributed by atoms with E-state index < -0.39 is 0 Å². The molecule has 1 aliphatic carbocycles. The van der Waals surface area contributed by atoms with Crippen LogP contribution in [0.15, 0.2) is 346 Å². The van der Waals surface area contributed by atoms with Gasteiger partial charge in [-0.25, -0.2) is 24.9 Å². The lowest BCUT2D eigenvalue weighted by Gasteiger charge is -2.33. The zero-order valence-electron chi connectivity index (χ0n) is 65.4. The second-order valence-corrected chi connectivity index (χ2v) is 31.2. The number of aromatic nitrogens is 7. The average molecular weight is 1490 g/mol. The summed E-state index contributed by atoms with van der Waals surface area (Å²) in [6.45, 7) is 4.64. The van der Waals surface area contributed by atoms with Crippen LogP contribution in [-0.2, 0) is 5.41 Å². The highest BCUT2D eigenvalue weighted by Gasteiger charge is 2.43. The number of hydrogen-bond acceptors (Lipinski definition) is 5. The largest absolute Gasteiger partial charge is 0.309 e. The van der Waals surface area contributed by atoms with Crippen molar-refractivity contribution in [3.05, 3.63) is 357 Å². The Morgan fingerprint density at radius 1 is 0.226 bits per heavy atom. The van der Waals surface area contributed by atoms with Crippen LogP contribution in [0.25, 0.3) is 179 Å². The third-order valence-corrected chi connectivity index (χ3v) is 24.0. The third-order valence-electron chi connectivity index (χ3n) is 24.0. The van der Waals surface area contributed by atoms with Gasteiger partial charge in [0.05, 0.1) is 33.5 Å². The molecule has 558 valence electrons. The van der Waals surface area contributed by atoms with Gasteiger partial charge in [0.25, 0.3) is 0 Å². The molecule has 7 nitrogen and oxygen atoms in total. The second-order valence-electron chi connectivity index (χ2n) is 31.2. The molecule has 14 aromatic carbocycles. The molecule has 0 unspecified atom stereocenters. The molecule has 0 bridgehead atoms. The number of benzene rings is 14. The van der Waals surface area contributed by atoms with Crippen LogP contribution in [0.5, 0.6) is 0 Å². The van der Waals surface area contributed by atoms with Crippen LogP contribution in [0.2, 0.25) is 0 Å². The average Bonchev–Trinajstić information content (AvgIpc) is 1.59. The smallest absolute Gasteiger partial charge is 0.164 e. The molecular weight excluding hydrogens is 1400 g/mol. The highest BCUT2D eigenvalue weighted by Crippen LogP contribution is 2.56. The summed E-state index contributed by atoms with van der Waals surface area (Å²) >= 11 is 0. The topological polar surface area (TPSA) is 74.3 Å². The van der Waals surface area contributed by atoms with Crippen molar-refractivity contribution in [1.29, 1.82) is 0 Å². The van der Waals surface area contributed by atoms with Gasteiger partial charge in [-0.05, 0) is 171 Å². The number of nitrogens with zero attached hydrogens (tertiary/aromatic N) is 7. The Balaban J connectivity index is 0.739. The van der Waals surface area contributed by atoms with Crippen LogP contribution >= 0.6 is 0 Å². The summed E-state index contributed by atoms with van der Waals surface area (Å²) in [5.41, 5.74) is 28.8. The minimum absolute atomic E-state index is 0.315. The van der Waals surface area contributed by atoms with Crippen LogP contribution in [0.4, 0.5) is 0 Å². The molecule has 0 N–H and O–H groups in total. The van der Waals surface area contributed by atoms with Gasteiger partial charge in [-0.3, -0.25) is 0 Å². The molecule has 0 radical (unpaired) electrons. The van der Waals surface area contributed by atoms with E-state index >= 15 is 0 Å². The Morgan fingerprint density at radius 2 is 0.565 bits per heavy atom. The van der Waals surface area contributed by atoms with E-state index in [-0.39, 0.29) is 5.41 Å². The quantitative estimate of drug-likeness (QED) is 0.0505. The number of hydrogen-bond donors (Lipinski definition) is 0. The van der Waals surface area contributed by atoms with Gasteiger partial charge >= 0.3 is 0 Å². The van der Waals surface area contributed by atoms with Gasteiger partial charge in [0.2, 0.25) is 0 Å². The van der Waals surface area contributed by atoms with Crippen molar-refractivity contribution in [3.63, 3.8) is 0 Å². The van der Waals surface area contributed by atoms with E-state index in [0.717, 1.165) is 115 Å². The van der Waals surface area contributed by atoms with Crippen molar-refractivity contribution in [2.24, 2.45) is 0 Å². The van der Waals surface area contributed by atoms with Crippen LogP contribution in [0.1, 0.15) is 115 Å². The molecule has 0 saturated carbocycles. The highest BCUT2D eigenvalue weighted by molar-refractivity contribution is 6.18. The maximum atomic E-state index is 5.62. The molecule has 0 atom stereocenters. The van der Waals surface area contributed by atoms with E-state index in [4.69, 9.17) is 24.9 Å². The fraction of sp³-hybridized carbons (Fsp3) is 0.157. The van der Waals surface area contributed by atoms with E-state index in [0.29, 0.717) is 23.3 Å². The van der Waals surface area contributed by atoms with Gasteiger partial charge in [0.1, 0.15) is 0 Å². The molecular formula is C108H91N7. The Morgan fingerprint density at radius 3 is 1.03 bits per heavy atom. The van der Waals surface area contributed by atoms with E-state index in [1.54, 1.807) is 0 Å². The zero-order chi connectivity index (χ0) is 77.0. The van der Waals surface area contributed by atoms with Gasteiger partial charge < -0.3 is 9.13 Å². The zero-order valence-corrected chi connectivity index (χ0v) is 65.4. The summed E-state index contributed by atoms with van der Waals surface area (Å²) < 4.78 is 4.83. The van der Waals surface area contributed by atoms with E-state index in [2.05, 4.69) is 369 Å². The van der Waals surface area contributed by atoms with E-state index in [1.807, 2.05) is 0 Å². The molecule has 0 fully saturated rings. The van der Waals surface area contributed by atoms with Crippen LogP contribution in [0.3, 0.4) is 0 Å². The first-order valence-electron chi connectivity index (χ1n) is 41.6. The van der Waals surface area contributed by atoms with Crippen molar-refractivity contribution >= 4 is 43.6 Å². The molecule has 0 spiro atoms. The fourth-order valence-electron chi connectivity index (χ4n) is 18.3. The van der Waals surface area contributed by atoms with Crippen molar-refractivity contribution in [1.82, 2.24) is 34.1 Å². The van der Waals surface area contributed by atoms with Crippen molar-refractivity contribution in [2.75, 3.05) is 0 Å². The molecule has 0 aliphatic heterocycles. The molecule has 4 aromatic heterocycles. The molecule has 7 heteroatoms. The van der Waals surface area contributed by atoms with Crippen molar-refractivity contribution in [3.8, 4) is 135 Å². The van der Waals surface area contributed by atoms with E-state index in [1.165, 1.54) is 141 Å². The van der Waals surface area contributed by atoms with Crippen molar-refractivity contribution < 1.29 is 0 Å². The van der Waals surface area contributed by atoms with Gasteiger partial charge in [-0.1, -0.05) is 346 Å². The summed E-state index contributed by atoms with van der Waals surface area (Å²) in [6, 6.07) is 126. The Hall–Kier alpha value is -13.2. The molecule has 1 aliphatic rings. The van der Waals surface area contributed by atoms with Crippen LogP contribution in [-0.4, -0.2) is 34.1 Å². The second kappa shape index (κ2) is 32.1. The summed E-state index contributed by atoms with van der Waals surface area (Å²) in [5, 5.41) is 4.81. The standard InChI is InChI=1S/C108H91N7/c1-3-5-7-9-11-31-65-108(66-32-12-10-8-6-4-2)94-71-83(97-73-96(109-104(110-97)76-41-23-15-24-42-76)82-47-33-45-80(67-82)88-53-35-55-100-102(88)92-69-78(74-37-19-13-20-38-74)59-63-98(92)114(100)86-49-27-17-28-50-86)57-61-90(94)91-62-58-85(72-95(91)108)107-112-105(77-43-25-16-26-44-77)111-106(113-107)84-48-34-46-81(68-84)89-54-36-56-101-103(89)93-70-79(75-39-21-14-22-40-75)60-64-99(93)115(101)87-51-29-18-30-52-87/h13-30,33-64,67-73H,3-12,31-32,65-66H2,1-2H3. The molecule has 115 heavy (non-hydrogen) atoms. The summed E-state index contributed by atoms with van der Waals surface area (Å²) in [7, 11) is 0. The molecule has 0 amide bonds. The summed E-state index contributed by atoms with van der Waals surface area (Å²) in [4.78, 5) is 27.7. The maximum absolute atomic E-state index is 5.62. The first-order chi connectivity index (χ1) is 56.9. The minimum Gasteiger partial charge on any atom is -0.309 e. The monoisotopic (exact) mass is 1490 g/mol. The predicted octanol–water partition coefficient (Wildman–Crippen LogP) is 29.3. The minimum atomic E-state index is -0.315. The number of unbranched alkanes of at least 4 members (excludes halogenated alkanes) is 10. The predicted molar refractivity (Wildman–Crippen MR) is 481 cm³/mol. The van der Waals surface area contributed by atoms with E-state index in [9.17, 15) is 0 Å². The molecule has 4 heterocycles. The lowest BCUT2D eigenvalue weighted by atomic mass is 9.70. The normalized spacial score (nSPS) is 12.3. The Kier molecular flexibility index (Phi) is 20.1. The third kappa shape index (κ3) is 14.0. The summed E-state index contributed by atoms with van der Waals surface area (Å²) in [6.07, 6.45) is 16.6. The highest BCUT2D eigenvalue weighted by atomic mass is 15.0. The van der Waals surface area contributed by atoms with Gasteiger partial charge in [-0.2, -0.15) is 0 Å². The molecule has 0 saturated heterocycles. The lowest BCUT2D eigenvalue weighted by molar-refractivity contribution is 0.398.